The van der Waals surface area contributed by atoms with Crippen LogP contribution in [0.15, 0.2) is 30.5 Å². The lowest BCUT2D eigenvalue weighted by atomic mass is 10.2. The summed E-state index contributed by atoms with van der Waals surface area (Å²) in [5.41, 5.74) is 0.302. The van der Waals surface area contributed by atoms with Gasteiger partial charge in [0.15, 0.2) is 5.69 Å². The lowest BCUT2D eigenvalue weighted by molar-refractivity contribution is -0.133. The molecule has 3 rings (SSSR count). The third-order valence-electron chi connectivity index (χ3n) is 4.05. The molecule has 0 spiro atoms. The SMILES string of the molecule is O=C(O)c1cn(CC(=O)N2CCN(C(=O)c3cccc(Cl)c3)CC2)nn1. The van der Waals surface area contributed by atoms with Crippen molar-refractivity contribution in [3.63, 3.8) is 0 Å². The van der Waals surface area contributed by atoms with E-state index in [1.807, 2.05) is 0 Å². The maximum Gasteiger partial charge on any atom is 0.358 e. The molecule has 0 unspecified atom stereocenters. The Morgan fingerprint density at radius 2 is 1.81 bits per heavy atom. The number of halogens is 1. The summed E-state index contributed by atoms with van der Waals surface area (Å²) in [6, 6.07) is 6.75. The molecule has 26 heavy (non-hydrogen) atoms. The predicted molar refractivity (Wildman–Crippen MR) is 90.9 cm³/mol. The minimum absolute atomic E-state index is 0.0947. The molecule has 1 N–H and O–H groups in total. The second-order valence-electron chi connectivity index (χ2n) is 5.79. The fourth-order valence-electron chi connectivity index (χ4n) is 2.68. The van der Waals surface area contributed by atoms with Gasteiger partial charge in [-0.25, -0.2) is 9.48 Å². The van der Waals surface area contributed by atoms with E-state index in [0.29, 0.717) is 36.8 Å². The van der Waals surface area contributed by atoms with Gasteiger partial charge in [0.1, 0.15) is 6.54 Å². The topological polar surface area (TPSA) is 109 Å². The highest BCUT2D eigenvalue weighted by atomic mass is 35.5. The Bertz CT molecular complexity index is 845. The molecule has 0 atom stereocenters. The van der Waals surface area contributed by atoms with Crippen LogP contribution < -0.4 is 0 Å². The van der Waals surface area contributed by atoms with Crippen molar-refractivity contribution >= 4 is 29.4 Å². The molecule has 2 amide bonds. The number of aromatic nitrogens is 3. The molecular formula is C16H16ClN5O4. The molecule has 1 aliphatic heterocycles. The van der Waals surface area contributed by atoms with Gasteiger partial charge in [-0.1, -0.05) is 22.9 Å². The summed E-state index contributed by atoms with van der Waals surface area (Å²) in [6.45, 7) is 1.52. The first-order valence-electron chi connectivity index (χ1n) is 7.90. The van der Waals surface area contributed by atoms with E-state index in [1.165, 1.54) is 10.9 Å². The standard InChI is InChI=1S/C16H16ClN5O4/c17-12-3-1-2-11(8-12)15(24)21-6-4-20(5-7-21)14(23)10-22-9-13(16(25)26)18-19-22/h1-3,8-9H,4-7,10H2,(H,25,26). The number of carbonyl (C=O) groups is 3. The molecule has 2 heterocycles. The maximum absolute atomic E-state index is 12.5. The molecule has 0 aliphatic carbocycles. The smallest absolute Gasteiger partial charge is 0.358 e. The second-order valence-corrected chi connectivity index (χ2v) is 6.23. The van der Waals surface area contributed by atoms with E-state index < -0.39 is 5.97 Å². The zero-order valence-corrected chi connectivity index (χ0v) is 14.5. The molecule has 1 aromatic carbocycles. The van der Waals surface area contributed by atoms with Crippen molar-refractivity contribution in [2.75, 3.05) is 26.2 Å². The van der Waals surface area contributed by atoms with E-state index in [2.05, 4.69) is 10.3 Å². The molecule has 10 heteroatoms. The number of amides is 2. The Hall–Kier alpha value is -2.94. The Labute approximate surface area is 153 Å². The molecule has 0 bridgehead atoms. The first-order chi connectivity index (χ1) is 12.4. The number of aromatic carboxylic acids is 1. The van der Waals surface area contributed by atoms with Crippen LogP contribution in [-0.2, 0) is 11.3 Å². The molecule has 0 saturated carbocycles. The number of nitrogens with zero attached hydrogens (tertiary/aromatic N) is 5. The van der Waals surface area contributed by atoms with E-state index in [0.717, 1.165) is 0 Å². The van der Waals surface area contributed by atoms with Crippen LogP contribution in [-0.4, -0.2) is 73.9 Å². The number of benzene rings is 1. The summed E-state index contributed by atoms with van der Waals surface area (Å²) in [7, 11) is 0. The third kappa shape index (κ3) is 3.99. The molecule has 1 fully saturated rings. The lowest BCUT2D eigenvalue weighted by Gasteiger charge is -2.34. The van der Waals surface area contributed by atoms with Gasteiger partial charge in [0.2, 0.25) is 5.91 Å². The van der Waals surface area contributed by atoms with Crippen molar-refractivity contribution in [3.8, 4) is 0 Å². The van der Waals surface area contributed by atoms with Crippen LogP contribution in [0.5, 0.6) is 0 Å². The van der Waals surface area contributed by atoms with Crippen molar-refractivity contribution in [1.29, 1.82) is 0 Å². The summed E-state index contributed by atoms with van der Waals surface area (Å²) in [4.78, 5) is 38.9. The fourth-order valence-corrected chi connectivity index (χ4v) is 2.87. The van der Waals surface area contributed by atoms with E-state index in [-0.39, 0.29) is 24.1 Å². The zero-order chi connectivity index (χ0) is 18.7. The van der Waals surface area contributed by atoms with Gasteiger partial charge in [-0.3, -0.25) is 9.59 Å². The van der Waals surface area contributed by atoms with Gasteiger partial charge in [0.25, 0.3) is 5.91 Å². The molecular weight excluding hydrogens is 362 g/mol. The molecule has 1 aromatic heterocycles. The van der Waals surface area contributed by atoms with E-state index in [1.54, 1.807) is 34.1 Å². The number of carboxylic acid groups (broad SMARTS) is 1. The Balaban J connectivity index is 1.55. The number of carboxylic acids is 1. The average molecular weight is 378 g/mol. The number of rotatable bonds is 4. The average Bonchev–Trinajstić information content (AvgIpc) is 3.10. The number of hydrogen-bond donors (Lipinski definition) is 1. The van der Waals surface area contributed by atoms with Crippen molar-refractivity contribution in [2.24, 2.45) is 0 Å². The summed E-state index contributed by atoms with van der Waals surface area (Å²) >= 11 is 5.92. The minimum Gasteiger partial charge on any atom is -0.476 e. The van der Waals surface area contributed by atoms with E-state index >= 15 is 0 Å². The first kappa shape index (κ1) is 17.9. The van der Waals surface area contributed by atoms with Gasteiger partial charge >= 0.3 is 5.97 Å². The van der Waals surface area contributed by atoms with Crippen molar-refractivity contribution in [3.05, 3.63) is 46.7 Å². The van der Waals surface area contributed by atoms with Gasteiger partial charge in [-0.2, -0.15) is 0 Å². The molecule has 1 saturated heterocycles. The molecule has 136 valence electrons. The van der Waals surface area contributed by atoms with Crippen LogP contribution in [0.25, 0.3) is 0 Å². The number of hydrogen-bond acceptors (Lipinski definition) is 5. The Morgan fingerprint density at radius 1 is 1.12 bits per heavy atom. The van der Waals surface area contributed by atoms with Crippen LogP contribution in [0.1, 0.15) is 20.8 Å². The quantitative estimate of drug-likeness (QED) is 0.836. The molecule has 9 nitrogen and oxygen atoms in total. The van der Waals surface area contributed by atoms with Gasteiger partial charge in [0.05, 0.1) is 6.20 Å². The van der Waals surface area contributed by atoms with Crippen LogP contribution in [0.2, 0.25) is 5.02 Å². The highest BCUT2D eigenvalue weighted by Gasteiger charge is 2.25. The summed E-state index contributed by atoms with van der Waals surface area (Å²) in [5.74, 6) is -1.53. The van der Waals surface area contributed by atoms with Gasteiger partial charge in [-0.05, 0) is 18.2 Å². The lowest BCUT2D eigenvalue weighted by Crippen LogP contribution is -2.51. The highest BCUT2D eigenvalue weighted by molar-refractivity contribution is 6.30. The normalized spacial score (nSPS) is 14.3. The van der Waals surface area contributed by atoms with Gasteiger partial charge in [0, 0.05) is 36.8 Å². The first-order valence-corrected chi connectivity index (χ1v) is 8.28. The van der Waals surface area contributed by atoms with Crippen LogP contribution >= 0.6 is 11.6 Å². The van der Waals surface area contributed by atoms with E-state index in [4.69, 9.17) is 16.7 Å². The van der Waals surface area contributed by atoms with Crippen molar-refractivity contribution < 1.29 is 19.5 Å². The van der Waals surface area contributed by atoms with Crippen LogP contribution in [0, 0.1) is 0 Å². The largest absolute Gasteiger partial charge is 0.476 e. The minimum atomic E-state index is -1.20. The molecule has 0 radical (unpaired) electrons. The molecule has 1 aliphatic rings. The summed E-state index contributed by atoms with van der Waals surface area (Å²) < 4.78 is 1.19. The second kappa shape index (κ2) is 7.52. The summed E-state index contributed by atoms with van der Waals surface area (Å²) in [6.07, 6.45) is 1.21. The van der Waals surface area contributed by atoms with Crippen LogP contribution in [0.3, 0.4) is 0 Å². The van der Waals surface area contributed by atoms with Crippen molar-refractivity contribution in [1.82, 2.24) is 24.8 Å². The fraction of sp³-hybridized carbons (Fsp3) is 0.312. The van der Waals surface area contributed by atoms with Crippen LogP contribution in [0.4, 0.5) is 0 Å². The highest BCUT2D eigenvalue weighted by Crippen LogP contribution is 2.14. The number of carbonyl (C=O) groups excluding carboxylic acids is 2. The maximum atomic E-state index is 12.5. The Morgan fingerprint density at radius 3 is 2.42 bits per heavy atom. The number of piperazine rings is 1. The Kier molecular flexibility index (Phi) is 5.17. The summed E-state index contributed by atoms with van der Waals surface area (Å²) in [5, 5.41) is 16.4. The van der Waals surface area contributed by atoms with Gasteiger partial charge < -0.3 is 14.9 Å². The third-order valence-corrected chi connectivity index (χ3v) is 4.28. The van der Waals surface area contributed by atoms with Gasteiger partial charge in [-0.15, -0.1) is 5.10 Å². The monoisotopic (exact) mass is 377 g/mol. The zero-order valence-electron chi connectivity index (χ0n) is 13.7. The predicted octanol–water partition coefficient (Wildman–Crippen LogP) is 0.614. The molecule has 2 aromatic rings. The van der Waals surface area contributed by atoms with E-state index in [9.17, 15) is 14.4 Å². The van der Waals surface area contributed by atoms with Crippen molar-refractivity contribution in [2.45, 2.75) is 6.54 Å².